The van der Waals surface area contributed by atoms with Crippen molar-refractivity contribution in [1.82, 2.24) is 0 Å². The van der Waals surface area contributed by atoms with Gasteiger partial charge in [-0.05, 0) is 66.7 Å². The van der Waals surface area contributed by atoms with Crippen LogP contribution < -0.4 is 5.73 Å². The largest absolute Gasteiger partial charge is 0.398 e. The molecule has 0 radical (unpaired) electrons. The van der Waals surface area contributed by atoms with Crippen molar-refractivity contribution in [3.8, 4) is 0 Å². The van der Waals surface area contributed by atoms with Crippen LogP contribution in [0.25, 0.3) is 0 Å². The number of hydrogen-bond donors (Lipinski definition) is 1. The zero-order chi connectivity index (χ0) is 11.3. The highest BCUT2D eigenvalue weighted by molar-refractivity contribution is 9.10. The highest BCUT2D eigenvalue weighted by Crippen LogP contribution is 2.46. The highest BCUT2D eigenvalue weighted by Gasteiger charge is 2.31. The summed E-state index contributed by atoms with van der Waals surface area (Å²) in [5, 5.41) is 0. The zero-order valence-corrected chi connectivity index (χ0v) is 11.3. The Morgan fingerprint density at radius 3 is 2.69 bits per heavy atom. The molecule has 0 heterocycles. The Labute approximate surface area is 106 Å². The quantitative estimate of drug-likeness (QED) is 0.813. The summed E-state index contributed by atoms with van der Waals surface area (Å²) in [4.78, 5) is 0. The fourth-order valence-electron chi connectivity index (χ4n) is 3.01. The molecule has 1 aromatic rings. The van der Waals surface area contributed by atoms with Gasteiger partial charge in [-0.1, -0.05) is 22.9 Å². The van der Waals surface area contributed by atoms with Crippen molar-refractivity contribution in [1.29, 1.82) is 0 Å². The van der Waals surface area contributed by atoms with E-state index in [1.54, 1.807) is 0 Å². The number of nitrogen functional groups attached to an aromatic ring is 1. The monoisotopic (exact) mass is 279 g/mol. The second kappa shape index (κ2) is 3.76. The SMILES string of the molecule is C[C@H](c1cc(Br)c2c(c1N)CCC2)C1CC1. The van der Waals surface area contributed by atoms with Crippen LogP contribution in [0.1, 0.15) is 48.8 Å². The van der Waals surface area contributed by atoms with E-state index >= 15 is 0 Å². The first kappa shape index (κ1) is 10.6. The van der Waals surface area contributed by atoms with Gasteiger partial charge in [0.15, 0.2) is 0 Å². The Morgan fingerprint density at radius 2 is 2.00 bits per heavy atom. The molecule has 0 amide bonds. The molecule has 0 unspecified atom stereocenters. The Hall–Kier alpha value is -0.500. The molecule has 3 rings (SSSR count). The van der Waals surface area contributed by atoms with Gasteiger partial charge in [0.05, 0.1) is 0 Å². The van der Waals surface area contributed by atoms with Gasteiger partial charge in [0.25, 0.3) is 0 Å². The van der Waals surface area contributed by atoms with E-state index in [9.17, 15) is 0 Å². The first-order valence-corrected chi connectivity index (χ1v) is 7.07. The summed E-state index contributed by atoms with van der Waals surface area (Å²) >= 11 is 3.71. The molecule has 1 nitrogen and oxygen atoms in total. The first-order chi connectivity index (χ1) is 7.68. The maximum absolute atomic E-state index is 6.35. The van der Waals surface area contributed by atoms with Crippen molar-refractivity contribution in [2.24, 2.45) is 5.92 Å². The van der Waals surface area contributed by atoms with Gasteiger partial charge in [-0.2, -0.15) is 0 Å². The van der Waals surface area contributed by atoms with E-state index in [1.165, 1.54) is 53.3 Å². The number of benzene rings is 1. The average Bonchev–Trinajstić information content (AvgIpc) is 2.99. The minimum Gasteiger partial charge on any atom is -0.398 e. The molecule has 2 N–H and O–H groups in total. The molecular formula is C14H18BrN. The highest BCUT2D eigenvalue weighted by atomic mass is 79.9. The van der Waals surface area contributed by atoms with Gasteiger partial charge in [0, 0.05) is 10.2 Å². The summed E-state index contributed by atoms with van der Waals surface area (Å²) in [6.07, 6.45) is 6.40. The Balaban J connectivity index is 2.08. The summed E-state index contributed by atoms with van der Waals surface area (Å²) < 4.78 is 1.29. The first-order valence-electron chi connectivity index (χ1n) is 6.28. The molecule has 0 spiro atoms. The molecule has 0 aromatic heterocycles. The minimum absolute atomic E-state index is 0.641. The summed E-state index contributed by atoms with van der Waals surface area (Å²) in [5.74, 6) is 1.52. The molecule has 86 valence electrons. The van der Waals surface area contributed by atoms with Crippen molar-refractivity contribution >= 4 is 21.6 Å². The molecule has 0 bridgehead atoms. The molecule has 16 heavy (non-hydrogen) atoms. The van der Waals surface area contributed by atoms with Gasteiger partial charge in [-0.15, -0.1) is 0 Å². The second-order valence-electron chi connectivity index (χ2n) is 5.30. The number of halogens is 1. The summed E-state index contributed by atoms with van der Waals surface area (Å²) in [7, 11) is 0. The minimum atomic E-state index is 0.641. The topological polar surface area (TPSA) is 26.0 Å². The zero-order valence-electron chi connectivity index (χ0n) is 9.72. The Kier molecular flexibility index (Phi) is 2.50. The molecule has 1 fully saturated rings. The predicted octanol–water partition coefficient (Wildman–Crippen LogP) is 4.03. The van der Waals surface area contributed by atoms with Crippen molar-refractivity contribution < 1.29 is 0 Å². The number of hydrogen-bond acceptors (Lipinski definition) is 1. The average molecular weight is 280 g/mol. The second-order valence-corrected chi connectivity index (χ2v) is 6.15. The van der Waals surface area contributed by atoms with Crippen LogP contribution in [0.3, 0.4) is 0 Å². The summed E-state index contributed by atoms with van der Waals surface area (Å²) in [6, 6.07) is 2.28. The van der Waals surface area contributed by atoms with E-state index in [0.717, 1.165) is 11.6 Å². The third-order valence-electron chi connectivity index (χ3n) is 4.24. The van der Waals surface area contributed by atoms with Gasteiger partial charge in [0.2, 0.25) is 0 Å². The number of nitrogens with two attached hydrogens (primary N) is 1. The van der Waals surface area contributed by atoms with Crippen LogP contribution >= 0.6 is 15.9 Å². The summed E-state index contributed by atoms with van der Waals surface area (Å²) in [5.41, 5.74) is 11.7. The van der Waals surface area contributed by atoms with Crippen molar-refractivity contribution in [3.05, 3.63) is 27.2 Å². The fraction of sp³-hybridized carbons (Fsp3) is 0.571. The smallest absolute Gasteiger partial charge is 0.0385 e. The van der Waals surface area contributed by atoms with Crippen molar-refractivity contribution in [3.63, 3.8) is 0 Å². The molecule has 2 aliphatic carbocycles. The lowest BCUT2D eigenvalue weighted by molar-refractivity contribution is 0.665. The molecule has 1 saturated carbocycles. The normalized spacial score (nSPS) is 20.9. The van der Waals surface area contributed by atoms with Crippen LogP contribution in [0.15, 0.2) is 10.5 Å². The van der Waals surface area contributed by atoms with Crippen molar-refractivity contribution in [2.45, 2.75) is 44.9 Å². The van der Waals surface area contributed by atoms with Crippen LogP contribution in [0.4, 0.5) is 5.69 Å². The molecule has 2 aliphatic rings. The third-order valence-corrected chi connectivity index (χ3v) is 4.95. The standard InChI is InChI=1S/C14H18BrN/c1-8(9-5-6-9)12-7-13(15)10-3-2-4-11(10)14(12)16/h7-9H,2-6,16H2,1H3/t8-/m0/s1. The number of rotatable bonds is 2. The summed E-state index contributed by atoms with van der Waals surface area (Å²) in [6.45, 7) is 2.33. The Bertz CT molecular complexity index is 435. The molecule has 0 saturated heterocycles. The molecular weight excluding hydrogens is 262 g/mol. The van der Waals surface area contributed by atoms with E-state index in [-0.39, 0.29) is 0 Å². The van der Waals surface area contributed by atoms with Crippen LogP contribution in [0, 0.1) is 5.92 Å². The van der Waals surface area contributed by atoms with Crippen LogP contribution in [0.5, 0.6) is 0 Å². The fourth-order valence-corrected chi connectivity index (χ4v) is 3.69. The van der Waals surface area contributed by atoms with E-state index in [2.05, 4.69) is 28.9 Å². The third kappa shape index (κ3) is 1.58. The van der Waals surface area contributed by atoms with Gasteiger partial charge in [-0.25, -0.2) is 0 Å². The molecule has 1 atom stereocenters. The lowest BCUT2D eigenvalue weighted by Crippen LogP contribution is -2.05. The maximum atomic E-state index is 6.35. The van der Waals surface area contributed by atoms with E-state index in [4.69, 9.17) is 5.73 Å². The molecule has 0 aliphatic heterocycles. The van der Waals surface area contributed by atoms with Crippen LogP contribution in [0.2, 0.25) is 0 Å². The Morgan fingerprint density at radius 1 is 1.31 bits per heavy atom. The lowest BCUT2D eigenvalue weighted by Gasteiger charge is -2.18. The van der Waals surface area contributed by atoms with Crippen LogP contribution in [-0.4, -0.2) is 0 Å². The van der Waals surface area contributed by atoms with Gasteiger partial charge in [-0.3, -0.25) is 0 Å². The molecule has 2 heteroatoms. The number of anilines is 1. The van der Waals surface area contributed by atoms with Gasteiger partial charge >= 0.3 is 0 Å². The van der Waals surface area contributed by atoms with E-state index in [0.29, 0.717) is 5.92 Å². The molecule has 1 aromatic carbocycles. The van der Waals surface area contributed by atoms with Gasteiger partial charge in [0.1, 0.15) is 0 Å². The number of fused-ring (bicyclic) bond motifs is 1. The van der Waals surface area contributed by atoms with E-state index in [1.807, 2.05) is 0 Å². The predicted molar refractivity (Wildman–Crippen MR) is 71.7 cm³/mol. The van der Waals surface area contributed by atoms with E-state index < -0.39 is 0 Å². The van der Waals surface area contributed by atoms with Crippen molar-refractivity contribution in [2.75, 3.05) is 5.73 Å². The van der Waals surface area contributed by atoms with Crippen LogP contribution in [-0.2, 0) is 12.8 Å². The lowest BCUT2D eigenvalue weighted by atomic mass is 9.91. The maximum Gasteiger partial charge on any atom is 0.0385 e. The van der Waals surface area contributed by atoms with Gasteiger partial charge < -0.3 is 5.73 Å².